The highest BCUT2D eigenvalue weighted by molar-refractivity contribution is 6.31. The third-order valence-electron chi connectivity index (χ3n) is 4.38. The average molecular weight is 359 g/mol. The standard InChI is InChI=1S/C20H23ClN2O2/c21-19-4-2-1-3-17(19)7-10-20(24)22-15-16-5-8-18(9-6-16)23-11-13-25-14-12-23/h1-6,8-9H,7,10-15H2,(H,22,24). The molecule has 0 atom stereocenters. The molecule has 1 amide bonds. The molecule has 3 rings (SSSR count). The molecular formula is C20H23ClN2O2. The van der Waals surface area contributed by atoms with Crippen LogP contribution in [0.5, 0.6) is 0 Å². The topological polar surface area (TPSA) is 41.6 Å². The fraction of sp³-hybridized carbons (Fsp3) is 0.350. The van der Waals surface area contributed by atoms with Gasteiger partial charge in [-0.05, 0) is 35.7 Å². The maximum Gasteiger partial charge on any atom is 0.220 e. The van der Waals surface area contributed by atoms with Crippen molar-refractivity contribution in [1.29, 1.82) is 0 Å². The highest BCUT2D eigenvalue weighted by atomic mass is 35.5. The van der Waals surface area contributed by atoms with Crippen molar-refractivity contribution in [2.24, 2.45) is 0 Å². The van der Waals surface area contributed by atoms with Crippen LogP contribution in [0.1, 0.15) is 17.5 Å². The Morgan fingerprint density at radius 3 is 2.52 bits per heavy atom. The Morgan fingerprint density at radius 2 is 1.80 bits per heavy atom. The molecule has 1 aliphatic rings. The molecule has 0 saturated carbocycles. The van der Waals surface area contributed by atoms with Gasteiger partial charge < -0.3 is 15.0 Å². The third kappa shape index (κ3) is 5.21. The van der Waals surface area contributed by atoms with Crippen molar-refractivity contribution in [2.75, 3.05) is 31.2 Å². The first-order chi connectivity index (χ1) is 12.2. The van der Waals surface area contributed by atoms with E-state index < -0.39 is 0 Å². The molecule has 0 aliphatic carbocycles. The van der Waals surface area contributed by atoms with E-state index in [0.717, 1.165) is 37.4 Å². The predicted octanol–water partition coefficient (Wildman–Crippen LogP) is 3.43. The van der Waals surface area contributed by atoms with Gasteiger partial charge in [0, 0.05) is 36.8 Å². The van der Waals surface area contributed by atoms with E-state index in [2.05, 4.69) is 34.5 Å². The van der Waals surface area contributed by atoms with Crippen molar-refractivity contribution in [1.82, 2.24) is 5.32 Å². The van der Waals surface area contributed by atoms with Crippen LogP contribution >= 0.6 is 11.6 Å². The molecule has 132 valence electrons. The Kier molecular flexibility index (Phi) is 6.31. The van der Waals surface area contributed by atoms with Gasteiger partial charge in [0.1, 0.15) is 0 Å². The molecule has 0 radical (unpaired) electrons. The summed E-state index contributed by atoms with van der Waals surface area (Å²) in [6.45, 7) is 3.97. The zero-order chi connectivity index (χ0) is 17.5. The average Bonchev–Trinajstić information content (AvgIpc) is 2.67. The van der Waals surface area contributed by atoms with Gasteiger partial charge in [0.25, 0.3) is 0 Å². The molecule has 1 fully saturated rings. The molecule has 4 nitrogen and oxygen atoms in total. The summed E-state index contributed by atoms with van der Waals surface area (Å²) in [6, 6.07) is 16.0. The summed E-state index contributed by atoms with van der Waals surface area (Å²) in [6.07, 6.45) is 1.09. The normalized spacial score (nSPS) is 14.4. The van der Waals surface area contributed by atoms with Gasteiger partial charge in [0.2, 0.25) is 5.91 Å². The van der Waals surface area contributed by atoms with E-state index in [4.69, 9.17) is 16.3 Å². The number of benzene rings is 2. The summed E-state index contributed by atoms with van der Waals surface area (Å²) in [4.78, 5) is 14.4. The van der Waals surface area contributed by atoms with Gasteiger partial charge in [-0.2, -0.15) is 0 Å². The molecule has 0 spiro atoms. The maximum atomic E-state index is 12.0. The van der Waals surface area contributed by atoms with E-state index in [1.807, 2.05) is 24.3 Å². The van der Waals surface area contributed by atoms with Gasteiger partial charge in [-0.1, -0.05) is 41.9 Å². The van der Waals surface area contributed by atoms with E-state index in [1.54, 1.807) is 0 Å². The largest absolute Gasteiger partial charge is 0.378 e. The molecule has 0 aromatic heterocycles. The van der Waals surface area contributed by atoms with Gasteiger partial charge in [-0.15, -0.1) is 0 Å². The highest BCUT2D eigenvalue weighted by Crippen LogP contribution is 2.17. The number of nitrogens with zero attached hydrogens (tertiary/aromatic N) is 1. The maximum absolute atomic E-state index is 12.0. The number of morpholine rings is 1. The van der Waals surface area contributed by atoms with Gasteiger partial charge >= 0.3 is 0 Å². The fourth-order valence-electron chi connectivity index (χ4n) is 2.88. The SMILES string of the molecule is O=C(CCc1ccccc1Cl)NCc1ccc(N2CCOCC2)cc1. The molecule has 1 aliphatic heterocycles. The van der Waals surface area contributed by atoms with Crippen molar-refractivity contribution in [3.63, 3.8) is 0 Å². The first-order valence-electron chi connectivity index (χ1n) is 8.64. The lowest BCUT2D eigenvalue weighted by molar-refractivity contribution is -0.121. The number of carbonyl (C=O) groups is 1. The van der Waals surface area contributed by atoms with Crippen LogP contribution in [0.25, 0.3) is 0 Å². The van der Waals surface area contributed by atoms with Crippen molar-refractivity contribution in [3.05, 3.63) is 64.7 Å². The Balaban J connectivity index is 1.44. The van der Waals surface area contributed by atoms with E-state index in [-0.39, 0.29) is 5.91 Å². The van der Waals surface area contributed by atoms with E-state index >= 15 is 0 Å². The zero-order valence-corrected chi connectivity index (χ0v) is 15.0. The van der Waals surface area contributed by atoms with Gasteiger partial charge in [0.05, 0.1) is 13.2 Å². The Bertz CT molecular complexity index is 697. The number of hydrogen-bond donors (Lipinski definition) is 1. The van der Waals surface area contributed by atoms with Gasteiger partial charge in [-0.25, -0.2) is 0 Å². The minimum Gasteiger partial charge on any atom is -0.378 e. The Morgan fingerprint density at radius 1 is 1.08 bits per heavy atom. The van der Waals surface area contributed by atoms with Gasteiger partial charge in [-0.3, -0.25) is 4.79 Å². The number of anilines is 1. The first-order valence-corrected chi connectivity index (χ1v) is 9.02. The predicted molar refractivity (Wildman–Crippen MR) is 101 cm³/mol. The van der Waals surface area contributed by atoms with Crippen LogP contribution in [0, 0.1) is 0 Å². The monoisotopic (exact) mass is 358 g/mol. The zero-order valence-electron chi connectivity index (χ0n) is 14.2. The number of rotatable bonds is 6. The number of amides is 1. The number of aryl methyl sites for hydroxylation is 1. The van der Waals surface area contributed by atoms with Crippen LogP contribution in [0.3, 0.4) is 0 Å². The molecule has 1 heterocycles. The molecule has 25 heavy (non-hydrogen) atoms. The third-order valence-corrected chi connectivity index (χ3v) is 4.75. The summed E-state index contributed by atoms with van der Waals surface area (Å²) < 4.78 is 5.37. The second-order valence-corrected chi connectivity index (χ2v) is 6.54. The minimum atomic E-state index is 0.0391. The molecule has 0 bridgehead atoms. The quantitative estimate of drug-likeness (QED) is 0.860. The van der Waals surface area contributed by atoms with Crippen molar-refractivity contribution in [2.45, 2.75) is 19.4 Å². The van der Waals surface area contributed by atoms with Crippen LogP contribution in [0.2, 0.25) is 5.02 Å². The van der Waals surface area contributed by atoms with Crippen LogP contribution < -0.4 is 10.2 Å². The highest BCUT2D eigenvalue weighted by Gasteiger charge is 2.11. The smallest absolute Gasteiger partial charge is 0.220 e. The van der Waals surface area contributed by atoms with Crippen molar-refractivity contribution in [3.8, 4) is 0 Å². The molecule has 1 saturated heterocycles. The second-order valence-electron chi connectivity index (χ2n) is 6.13. The summed E-state index contributed by atoms with van der Waals surface area (Å²) >= 11 is 6.12. The van der Waals surface area contributed by atoms with Crippen molar-refractivity contribution >= 4 is 23.2 Å². The molecule has 1 N–H and O–H groups in total. The van der Waals surface area contributed by atoms with E-state index in [9.17, 15) is 4.79 Å². The number of ether oxygens (including phenoxy) is 1. The van der Waals surface area contributed by atoms with E-state index in [0.29, 0.717) is 24.4 Å². The fourth-order valence-corrected chi connectivity index (χ4v) is 3.11. The lowest BCUT2D eigenvalue weighted by atomic mass is 10.1. The molecule has 2 aromatic carbocycles. The van der Waals surface area contributed by atoms with Gasteiger partial charge in [0.15, 0.2) is 0 Å². The summed E-state index contributed by atoms with van der Waals surface area (Å²) in [5, 5.41) is 3.69. The summed E-state index contributed by atoms with van der Waals surface area (Å²) in [5.74, 6) is 0.0391. The van der Waals surface area contributed by atoms with Crippen LogP contribution in [-0.2, 0) is 22.5 Å². The number of halogens is 1. The van der Waals surface area contributed by atoms with Crippen molar-refractivity contribution < 1.29 is 9.53 Å². The minimum absolute atomic E-state index is 0.0391. The Hall–Kier alpha value is -2.04. The van der Waals surface area contributed by atoms with Crippen LogP contribution in [0.15, 0.2) is 48.5 Å². The summed E-state index contributed by atoms with van der Waals surface area (Å²) in [5.41, 5.74) is 3.31. The molecule has 5 heteroatoms. The Labute approximate surface area is 153 Å². The molecular weight excluding hydrogens is 336 g/mol. The van der Waals surface area contributed by atoms with E-state index in [1.165, 1.54) is 5.69 Å². The number of carbonyl (C=O) groups excluding carboxylic acids is 1. The lowest BCUT2D eigenvalue weighted by Gasteiger charge is -2.28. The lowest BCUT2D eigenvalue weighted by Crippen LogP contribution is -2.36. The summed E-state index contributed by atoms with van der Waals surface area (Å²) in [7, 11) is 0. The first kappa shape index (κ1) is 17.8. The number of hydrogen-bond acceptors (Lipinski definition) is 3. The second kappa shape index (κ2) is 8.88. The van der Waals surface area contributed by atoms with Crippen LogP contribution in [0.4, 0.5) is 5.69 Å². The molecule has 0 unspecified atom stereocenters. The number of nitrogens with one attached hydrogen (secondary N) is 1. The van der Waals surface area contributed by atoms with Crippen LogP contribution in [-0.4, -0.2) is 32.2 Å². The molecule has 2 aromatic rings.